The Labute approximate surface area is 107 Å². The molecule has 0 saturated carbocycles. The van der Waals surface area contributed by atoms with Crippen LogP contribution in [0.4, 0.5) is 0 Å². The van der Waals surface area contributed by atoms with Gasteiger partial charge >= 0.3 is 0 Å². The number of aryl methyl sites for hydroxylation is 1. The Balaban J connectivity index is 2.11. The summed E-state index contributed by atoms with van der Waals surface area (Å²) >= 11 is 0. The summed E-state index contributed by atoms with van der Waals surface area (Å²) in [5.74, 6) is 1.03. The molecule has 5 nitrogen and oxygen atoms in total. The van der Waals surface area contributed by atoms with Gasteiger partial charge in [0.2, 0.25) is 5.89 Å². The van der Waals surface area contributed by atoms with E-state index in [4.69, 9.17) is 4.42 Å². The van der Waals surface area contributed by atoms with Crippen LogP contribution in [0.3, 0.4) is 0 Å². The van der Waals surface area contributed by atoms with E-state index >= 15 is 0 Å². The fourth-order valence-electron chi connectivity index (χ4n) is 1.43. The number of nitrogens with zero attached hydrogens (tertiary/aromatic N) is 3. The van der Waals surface area contributed by atoms with Gasteiger partial charge in [-0.25, -0.2) is 4.98 Å². The predicted octanol–water partition coefficient (Wildman–Crippen LogP) is 2.33. The van der Waals surface area contributed by atoms with Crippen molar-refractivity contribution >= 4 is 0 Å². The minimum atomic E-state index is 0.0240. The standard InChI is InChI=1S/C13H18N4O/c1-9-6-5-7-10(15-9)12-17-16-11(18-12)8-14-13(2,3)4/h5-7,14H,8H2,1-4H3. The average Bonchev–Trinajstić information content (AvgIpc) is 2.74. The highest BCUT2D eigenvalue weighted by molar-refractivity contribution is 5.45. The second-order valence-electron chi connectivity index (χ2n) is 5.27. The number of hydrogen-bond donors (Lipinski definition) is 1. The molecular formula is C13H18N4O. The van der Waals surface area contributed by atoms with E-state index in [2.05, 4.69) is 41.3 Å². The van der Waals surface area contributed by atoms with Crippen molar-refractivity contribution < 1.29 is 4.42 Å². The Kier molecular flexibility index (Phi) is 3.43. The monoisotopic (exact) mass is 246 g/mol. The molecule has 96 valence electrons. The first-order chi connectivity index (χ1) is 8.44. The Morgan fingerprint density at radius 2 is 2.00 bits per heavy atom. The summed E-state index contributed by atoms with van der Waals surface area (Å²) in [5, 5.41) is 11.3. The van der Waals surface area contributed by atoms with Gasteiger partial charge in [-0.2, -0.15) is 0 Å². The maximum Gasteiger partial charge on any atom is 0.266 e. The van der Waals surface area contributed by atoms with Crippen LogP contribution in [0.15, 0.2) is 22.6 Å². The molecule has 0 amide bonds. The quantitative estimate of drug-likeness (QED) is 0.900. The minimum Gasteiger partial charge on any atom is -0.418 e. The molecule has 0 fully saturated rings. The first-order valence-corrected chi connectivity index (χ1v) is 5.95. The second-order valence-corrected chi connectivity index (χ2v) is 5.27. The van der Waals surface area contributed by atoms with Crippen molar-refractivity contribution in [1.29, 1.82) is 0 Å². The van der Waals surface area contributed by atoms with E-state index < -0.39 is 0 Å². The molecule has 0 aliphatic rings. The van der Waals surface area contributed by atoms with E-state index in [0.717, 1.165) is 5.69 Å². The molecule has 2 heterocycles. The zero-order chi connectivity index (χ0) is 13.2. The molecular weight excluding hydrogens is 228 g/mol. The minimum absolute atomic E-state index is 0.0240. The average molecular weight is 246 g/mol. The summed E-state index contributed by atoms with van der Waals surface area (Å²) in [6.07, 6.45) is 0. The van der Waals surface area contributed by atoms with E-state index in [-0.39, 0.29) is 5.54 Å². The van der Waals surface area contributed by atoms with Gasteiger partial charge in [0, 0.05) is 11.2 Å². The molecule has 0 spiro atoms. The lowest BCUT2D eigenvalue weighted by atomic mass is 10.1. The van der Waals surface area contributed by atoms with Gasteiger partial charge in [0.1, 0.15) is 5.69 Å². The van der Waals surface area contributed by atoms with Crippen LogP contribution in [0.25, 0.3) is 11.6 Å². The van der Waals surface area contributed by atoms with E-state index in [1.165, 1.54) is 0 Å². The summed E-state index contributed by atoms with van der Waals surface area (Å²) in [7, 11) is 0. The van der Waals surface area contributed by atoms with E-state index in [1.807, 2.05) is 25.1 Å². The molecule has 1 N–H and O–H groups in total. The van der Waals surface area contributed by atoms with Crippen LogP contribution in [0.2, 0.25) is 0 Å². The maximum absolute atomic E-state index is 5.57. The van der Waals surface area contributed by atoms with Gasteiger partial charge in [-0.05, 0) is 39.8 Å². The van der Waals surface area contributed by atoms with Gasteiger partial charge < -0.3 is 9.73 Å². The lowest BCUT2D eigenvalue weighted by Crippen LogP contribution is -2.35. The van der Waals surface area contributed by atoms with E-state index in [0.29, 0.717) is 24.0 Å². The Morgan fingerprint density at radius 3 is 2.67 bits per heavy atom. The molecule has 0 radical (unpaired) electrons. The smallest absolute Gasteiger partial charge is 0.266 e. The van der Waals surface area contributed by atoms with Crippen LogP contribution in [0, 0.1) is 6.92 Å². The highest BCUT2D eigenvalue weighted by Gasteiger charge is 2.13. The molecule has 0 unspecified atom stereocenters. The molecule has 2 aromatic heterocycles. The summed E-state index contributed by atoms with van der Waals surface area (Å²) in [6.45, 7) is 8.76. The van der Waals surface area contributed by atoms with Crippen molar-refractivity contribution in [1.82, 2.24) is 20.5 Å². The SMILES string of the molecule is Cc1cccc(-c2nnc(CNC(C)(C)C)o2)n1. The van der Waals surface area contributed by atoms with Gasteiger partial charge in [-0.1, -0.05) is 6.07 Å². The number of hydrogen-bond acceptors (Lipinski definition) is 5. The third-order valence-electron chi connectivity index (χ3n) is 2.34. The Hall–Kier alpha value is -1.75. The molecule has 18 heavy (non-hydrogen) atoms. The fourth-order valence-corrected chi connectivity index (χ4v) is 1.43. The van der Waals surface area contributed by atoms with Crippen LogP contribution in [0.5, 0.6) is 0 Å². The number of rotatable bonds is 3. The third-order valence-corrected chi connectivity index (χ3v) is 2.34. The van der Waals surface area contributed by atoms with Gasteiger partial charge in [0.25, 0.3) is 5.89 Å². The summed E-state index contributed by atoms with van der Waals surface area (Å²) in [6, 6.07) is 5.72. The molecule has 0 atom stereocenters. The summed E-state index contributed by atoms with van der Waals surface area (Å²) < 4.78 is 5.57. The van der Waals surface area contributed by atoms with Gasteiger partial charge in [-0.15, -0.1) is 10.2 Å². The lowest BCUT2D eigenvalue weighted by molar-refractivity contribution is 0.383. The van der Waals surface area contributed by atoms with E-state index in [9.17, 15) is 0 Å². The Bertz CT molecular complexity index is 528. The molecule has 0 aliphatic heterocycles. The van der Waals surface area contributed by atoms with Crippen molar-refractivity contribution in [3.8, 4) is 11.6 Å². The lowest BCUT2D eigenvalue weighted by Gasteiger charge is -2.18. The first kappa shape index (κ1) is 12.7. The molecule has 0 saturated heterocycles. The van der Waals surface area contributed by atoms with Crippen LogP contribution in [0.1, 0.15) is 32.4 Å². The largest absolute Gasteiger partial charge is 0.418 e. The van der Waals surface area contributed by atoms with Crippen molar-refractivity contribution in [2.24, 2.45) is 0 Å². The number of nitrogens with one attached hydrogen (secondary N) is 1. The van der Waals surface area contributed by atoms with Crippen LogP contribution < -0.4 is 5.32 Å². The summed E-state index contributed by atoms with van der Waals surface area (Å²) in [5.41, 5.74) is 1.67. The van der Waals surface area contributed by atoms with Crippen LogP contribution in [-0.2, 0) is 6.54 Å². The van der Waals surface area contributed by atoms with Crippen molar-refractivity contribution in [3.63, 3.8) is 0 Å². The van der Waals surface area contributed by atoms with Crippen LogP contribution in [-0.4, -0.2) is 20.7 Å². The number of pyridine rings is 1. The molecule has 2 rings (SSSR count). The van der Waals surface area contributed by atoms with Crippen LogP contribution >= 0.6 is 0 Å². The fraction of sp³-hybridized carbons (Fsp3) is 0.462. The highest BCUT2D eigenvalue weighted by Crippen LogP contribution is 2.15. The van der Waals surface area contributed by atoms with Crippen molar-refractivity contribution in [2.75, 3.05) is 0 Å². The van der Waals surface area contributed by atoms with Gasteiger partial charge in [-0.3, -0.25) is 0 Å². The zero-order valence-electron chi connectivity index (χ0n) is 11.2. The van der Waals surface area contributed by atoms with Gasteiger partial charge in [0.05, 0.1) is 6.54 Å². The second kappa shape index (κ2) is 4.86. The van der Waals surface area contributed by atoms with Crippen molar-refractivity contribution in [2.45, 2.75) is 39.8 Å². The normalized spacial score (nSPS) is 11.8. The maximum atomic E-state index is 5.57. The van der Waals surface area contributed by atoms with Crippen molar-refractivity contribution in [3.05, 3.63) is 29.8 Å². The molecule has 5 heteroatoms. The molecule has 2 aromatic rings. The highest BCUT2D eigenvalue weighted by atomic mass is 16.4. The molecule has 0 bridgehead atoms. The molecule has 0 aliphatic carbocycles. The van der Waals surface area contributed by atoms with Gasteiger partial charge in [0.15, 0.2) is 0 Å². The summed E-state index contributed by atoms with van der Waals surface area (Å²) in [4.78, 5) is 4.35. The Morgan fingerprint density at radius 1 is 1.22 bits per heavy atom. The first-order valence-electron chi connectivity index (χ1n) is 5.95. The number of aromatic nitrogens is 3. The third kappa shape index (κ3) is 3.37. The molecule has 0 aromatic carbocycles. The predicted molar refractivity (Wildman–Crippen MR) is 68.9 cm³/mol. The van der Waals surface area contributed by atoms with E-state index in [1.54, 1.807) is 0 Å². The zero-order valence-corrected chi connectivity index (χ0v) is 11.2. The topological polar surface area (TPSA) is 63.8 Å².